The Hall–Kier alpha value is -2.90. The van der Waals surface area contributed by atoms with Gasteiger partial charge in [-0.2, -0.15) is 4.68 Å². The molecule has 0 unspecified atom stereocenters. The Kier molecular flexibility index (Phi) is 5.27. The summed E-state index contributed by atoms with van der Waals surface area (Å²) in [5.74, 6) is -0.124. The van der Waals surface area contributed by atoms with Gasteiger partial charge in [-0.1, -0.05) is 59.8 Å². The van der Waals surface area contributed by atoms with E-state index in [0.717, 1.165) is 22.1 Å². The quantitative estimate of drug-likeness (QED) is 0.488. The van der Waals surface area contributed by atoms with E-state index in [-0.39, 0.29) is 5.91 Å². The average molecular weight is 410 g/mol. The minimum atomic E-state index is -0.393. The molecule has 0 bridgehead atoms. The Bertz CT molecular complexity index is 1150. The zero-order valence-electron chi connectivity index (χ0n) is 14.9. The van der Waals surface area contributed by atoms with Crippen LogP contribution in [-0.2, 0) is 4.79 Å². The number of halogens is 1. The van der Waals surface area contributed by atoms with Crippen LogP contribution in [-0.4, -0.2) is 31.4 Å². The number of hydrogen-bond acceptors (Lipinski definition) is 5. The first-order valence-corrected chi connectivity index (χ1v) is 9.86. The minimum Gasteiger partial charge on any atom is -0.325 e. The predicted octanol–water partition coefficient (Wildman–Crippen LogP) is 4.59. The maximum Gasteiger partial charge on any atom is 0.237 e. The zero-order chi connectivity index (χ0) is 19.5. The van der Waals surface area contributed by atoms with Crippen molar-refractivity contribution >= 4 is 45.7 Å². The third-order valence-corrected chi connectivity index (χ3v) is 5.43. The molecule has 1 amide bonds. The molecule has 8 heteroatoms. The molecule has 0 aliphatic carbocycles. The fourth-order valence-corrected chi connectivity index (χ4v) is 3.74. The van der Waals surface area contributed by atoms with Crippen LogP contribution in [0, 0.1) is 0 Å². The van der Waals surface area contributed by atoms with Gasteiger partial charge in [0.15, 0.2) is 0 Å². The van der Waals surface area contributed by atoms with Crippen LogP contribution in [0.3, 0.4) is 0 Å². The number of benzene rings is 3. The number of carbonyl (C=O) groups is 1. The van der Waals surface area contributed by atoms with Crippen LogP contribution in [0.5, 0.6) is 0 Å². The highest BCUT2D eigenvalue weighted by molar-refractivity contribution is 8.00. The van der Waals surface area contributed by atoms with Gasteiger partial charge in [-0.3, -0.25) is 4.79 Å². The second-order valence-electron chi connectivity index (χ2n) is 6.16. The lowest BCUT2D eigenvalue weighted by atomic mass is 10.1. The average Bonchev–Trinajstić information content (AvgIpc) is 3.16. The second-order valence-corrected chi connectivity index (χ2v) is 7.91. The summed E-state index contributed by atoms with van der Waals surface area (Å²) in [5, 5.41) is 17.6. The lowest BCUT2D eigenvalue weighted by molar-refractivity contribution is -0.115. The molecule has 0 radical (unpaired) electrons. The van der Waals surface area contributed by atoms with Gasteiger partial charge < -0.3 is 5.32 Å². The summed E-state index contributed by atoms with van der Waals surface area (Å²) in [6.07, 6.45) is 0. The Morgan fingerprint density at radius 1 is 1.07 bits per heavy atom. The minimum absolute atomic E-state index is 0.124. The molecule has 1 heterocycles. The number of amides is 1. The van der Waals surface area contributed by atoms with Crippen molar-refractivity contribution in [3.8, 4) is 5.69 Å². The van der Waals surface area contributed by atoms with Gasteiger partial charge in [0.1, 0.15) is 0 Å². The smallest absolute Gasteiger partial charge is 0.237 e. The van der Waals surface area contributed by atoms with E-state index in [2.05, 4.69) is 20.8 Å². The number of fused-ring (bicyclic) bond motifs is 1. The van der Waals surface area contributed by atoms with Gasteiger partial charge >= 0.3 is 0 Å². The standard InChI is InChI=1S/C20H16ClN5OS/c1-13(19(27)22-17-10-9-14-5-2-3-6-15(14)11-17)28-20-23-24-25-26(20)18-8-4-7-16(21)12-18/h2-13H,1H3,(H,22,27)/t13-/m1/s1. The molecule has 0 fully saturated rings. The van der Waals surface area contributed by atoms with E-state index < -0.39 is 5.25 Å². The number of aromatic nitrogens is 4. The molecule has 1 atom stereocenters. The summed E-state index contributed by atoms with van der Waals surface area (Å²) in [6.45, 7) is 1.82. The van der Waals surface area contributed by atoms with Gasteiger partial charge in [0, 0.05) is 10.7 Å². The Balaban J connectivity index is 1.48. The maximum absolute atomic E-state index is 12.6. The Labute approximate surface area is 170 Å². The highest BCUT2D eigenvalue weighted by Gasteiger charge is 2.19. The fourth-order valence-electron chi connectivity index (χ4n) is 2.74. The number of hydrogen-bond donors (Lipinski definition) is 1. The molecular formula is C20H16ClN5OS. The van der Waals surface area contributed by atoms with Crippen molar-refractivity contribution in [3.05, 3.63) is 71.8 Å². The molecule has 1 N–H and O–H groups in total. The molecule has 0 spiro atoms. The molecule has 4 rings (SSSR count). The molecule has 3 aromatic carbocycles. The summed E-state index contributed by atoms with van der Waals surface area (Å²) >= 11 is 7.33. The highest BCUT2D eigenvalue weighted by Crippen LogP contribution is 2.25. The van der Waals surface area contributed by atoms with Crippen molar-refractivity contribution < 1.29 is 4.79 Å². The van der Waals surface area contributed by atoms with Crippen molar-refractivity contribution in [2.75, 3.05) is 5.32 Å². The molecule has 4 aromatic rings. The first-order valence-electron chi connectivity index (χ1n) is 8.61. The van der Waals surface area contributed by atoms with E-state index in [1.54, 1.807) is 16.8 Å². The van der Waals surface area contributed by atoms with Gasteiger partial charge in [0.2, 0.25) is 11.1 Å². The molecule has 1 aromatic heterocycles. The molecule has 0 aliphatic heterocycles. The summed E-state index contributed by atoms with van der Waals surface area (Å²) in [7, 11) is 0. The van der Waals surface area contributed by atoms with Gasteiger partial charge in [-0.25, -0.2) is 0 Å². The third kappa shape index (κ3) is 4.00. The van der Waals surface area contributed by atoms with Gasteiger partial charge in [-0.15, -0.1) is 5.10 Å². The van der Waals surface area contributed by atoms with Crippen LogP contribution in [0.4, 0.5) is 5.69 Å². The molecule has 0 saturated carbocycles. The van der Waals surface area contributed by atoms with E-state index in [9.17, 15) is 4.79 Å². The first kappa shape index (κ1) is 18.5. The van der Waals surface area contributed by atoms with Crippen LogP contribution in [0.2, 0.25) is 5.02 Å². The molecule has 140 valence electrons. The lowest BCUT2D eigenvalue weighted by Gasteiger charge is -2.12. The van der Waals surface area contributed by atoms with E-state index in [1.165, 1.54) is 11.8 Å². The predicted molar refractivity (Wildman–Crippen MR) is 112 cm³/mol. The van der Waals surface area contributed by atoms with Gasteiger partial charge in [0.25, 0.3) is 0 Å². The van der Waals surface area contributed by atoms with Crippen molar-refractivity contribution in [1.29, 1.82) is 0 Å². The molecule has 6 nitrogen and oxygen atoms in total. The SMILES string of the molecule is C[C@@H](Sc1nnnn1-c1cccc(Cl)c1)C(=O)Nc1ccc2ccccc2c1. The van der Waals surface area contributed by atoms with Crippen molar-refractivity contribution in [3.63, 3.8) is 0 Å². The van der Waals surface area contributed by atoms with Gasteiger partial charge in [0.05, 0.1) is 10.9 Å². The number of rotatable bonds is 5. The Morgan fingerprint density at radius 2 is 1.89 bits per heavy atom. The maximum atomic E-state index is 12.6. The highest BCUT2D eigenvalue weighted by atomic mass is 35.5. The summed E-state index contributed by atoms with van der Waals surface area (Å²) in [5.41, 5.74) is 1.49. The molecule has 0 aliphatic rings. The van der Waals surface area contributed by atoms with Crippen LogP contribution in [0.25, 0.3) is 16.5 Å². The lowest BCUT2D eigenvalue weighted by Crippen LogP contribution is -2.22. The summed E-state index contributed by atoms with van der Waals surface area (Å²) in [6, 6.07) is 21.1. The van der Waals surface area contributed by atoms with Crippen LogP contribution in [0.15, 0.2) is 71.9 Å². The molecule has 28 heavy (non-hydrogen) atoms. The zero-order valence-corrected chi connectivity index (χ0v) is 16.5. The fraction of sp³-hybridized carbons (Fsp3) is 0.100. The topological polar surface area (TPSA) is 72.7 Å². The largest absolute Gasteiger partial charge is 0.325 e. The van der Waals surface area contributed by atoms with Crippen LogP contribution in [0.1, 0.15) is 6.92 Å². The summed E-state index contributed by atoms with van der Waals surface area (Å²) in [4.78, 5) is 12.6. The van der Waals surface area contributed by atoms with E-state index in [4.69, 9.17) is 11.6 Å². The van der Waals surface area contributed by atoms with E-state index in [0.29, 0.717) is 10.2 Å². The summed E-state index contributed by atoms with van der Waals surface area (Å²) < 4.78 is 1.57. The monoisotopic (exact) mass is 409 g/mol. The van der Waals surface area contributed by atoms with Crippen molar-refractivity contribution in [1.82, 2.24) is 20.2 Å². The van der Waals surface area contributed by atoms with E-state index >= 15 is 0 Å². The van der Waals surface area contributed by atoms with Crippen LogP contribution < -0.4 is 5.32 Å². The van der Waals surface area contributed by atoms with Crippen LogP contribution >= 0.6 is 23.4 Å². The second kappa shape index (κ2) is 8.00. The number of nitrogens with one attached hydrogen (secondary N) is 1. The number of thioether (sulfide) groups is 1. The first-order chi connectivity index (χ1) is 13.6. The van der Waals surface area contributed by atoms with Crippen molar-refractivity contribution in [2.24, 2.45) is 0 Å². The molecular weight excluding hydrogens is 394 g/mol. The number of carbonyl (C=O) groups excluding carboxylic acids is 1. The van der Waals surface area contributed by atoms with E-state index in [1.807, 2.05) is 61.5 Å². The van der Waals surface area contributed by atoms with Crippen molar-refractivity contribution in [2.45, 2.75) is 17.3 Å². The normalized spacial score (nSPS) is 12.1. The number of tetrazole rings is 1. The molecule has 0 saturated heterocycles. The Morgan fingerprint density at radius 3 is 2.71 bits per heavy atom. The third-order valence-electron chi connectivity index (χ3n) is 4.16. The number of anilines is 1. The number of nitrogens with zero attached hydrogens (tertiary/aromatic N) is 4. The van der Waals surface area contributed by atoms with Gasteiger partial charge in [-0.05, 0) is 58.5 Å².